The molecular weight excluding hydrogens is 416 g/mol. The Hall–Kier alpha value is -1.96. The highest BCUT2D eigenvalue weighted by Crippen LogP contribution is 2.55. The van der Waals surface area contributed by atoms with Gasteiger partial charge >= 0.3 is 16.1 Å². The van der Waals surface area contributed by atoms with Crippen LogP contribution in [0.2, 0.25) is 0 Å². The zero-order chi connectivity index (χ0) is 22.4. The number of carbonyl (C=O) groups excluding carboxylic acids is 1. The fourth-order valence-corrected chi connectivity index (χ4v) is 6.75. The largest absolute Gasteiger partial charge is 0.493 e. The van der Waals surface area contributed by atoms with Crippen molar-refractivity contribution in [2.75, 3.05) is 13.4 Å². The molecule has 0 radical (unpaired) electrons. The average Bonchev–Trinajstić information content (AvgIpc) is 2.63. The molecule has 0 unspecified atom stereocenters. The first-order valence-corrected chi connectivity index (χ1v) is 13.0. The summed E-state index contributed by atoms with van der Waals surface area (Å²) >= 11 is 0. The number of hydrogen-bond acceptors (Lipinski definition) is 5. The third kappa shape index (κ3) is 4.94. The highest BCUT2D eigenvalue weighted by molar-refractivity contribution is 7.86. The average molecular weight is 451 g/mol. The minimum absolute atomic E-state index is 0.00436. The Labute approximate surface area is 185 Å². The molecule has 1 N–H and O–H groups in total. The topological polar surface area (TPSA) is 84.9 Å². The van der Waals surface area contributed by atoms with Gasteiger partial charge in [0.1, 0.15) is 0 Å². The summed E-state index contributed by atoms with van der Waals surface area (Å²) in [6, 6.07) is 5.09. The number of amides is 2. The molecule has 0 atom stereocenters. The number of methoxy groups -OCH3 is 1. The molecule has 4 aliphatic rings. The van der Waals surface area contributed by atoms with Crippen LogP contribution >= 0.6 is 0 Å². The standard InChI is InChI=1S/C23H34N2O5S/c1-15(2)25(14-16-5-6-20(29-3)21(10-16)30-31(4,27)28)22(26)24-23-11-17-7-18(12-23)9-19(8-17)13-23/h5-6,10,15,17-19H,7-9,11-14H2,1-4H3,(H,24,26). The molecule has 4 saturated carbocycles. The van der Waals surface area contributed by atoms with Gasteiger partial charge in [-0.15, -0.1) is 0 Å². The minimum Gasteiger partial charge on any atom is -0.493 e. The van der Waals surface area contributed by atoms with Crippen LogP contribution in [0.15, 0.2) is 18.2 Å². The van der Waals surface area contributed by atoms with E-state index in [2.05, 4.69) is 5.32 Å². The van der Waals surface area contributed by atoms with Gasteiger partial charge in [0.05, 0.1) is 13.4 Å². The van der Waals surface area contributed by atoms with Crippen LogP contribution in [0.5, 0.6) is 11.5 Å². The Morgan fingerprint density at radius 3 is 2.19 bits per heavy atom. The number of benzene rings is 1. The predicted molar refractivity (Wildman–Crippen MR) is 119 cm³/mol. The van der Waals surface area contributed by atoms with Gasteiger partial charge in [-0.3, -0.25) is 0 Å². The molecule has 4 bridgehead atoms. The van der Waals surface area contributed by atoms with E-state index in [1.54, 1.807) is 12.1 Å². The quantitative estimate of drug-likeness (QED) is 0.637. The van der Waals surface area contributed by atoms with Crippen molar-refractivity contribution in [1.82, 2.24) is 10.2 Å². The molecule has 0 aromatic heterocycles. The summed E-state index contributed by atoms with van der Waals surface area (Å²) in [5, 5.41) is 3.44. The van der Waals surface area contributed by atoms with E-state index in [0.29, 0.717) is 12.3 Å². The Morgan fingerprint density at radius 1 is 1.13 bits per heavy atom. The number of ether oxygens (including phenoxy) is 1. The maximum absolute atomic E-state index is 13.4. The molecule has 5 rings (SSSR count). The molecule has 172 valence electrons. The van der Waals surface area contributed by atoms with E-state index in [4.69, 9.17) is 8.92 Å². The monoisotopic (exact) mass is 450 g/mol. The molecular formula is C23H34N2O5S. The van der Waals surface area contributed by atoms with Crippen LogP contribution in [0.25, 0.3) is 0 Å². The van der Waals surface area contributed by atoms with E-state index in [9.17, 15) is 13.2 Å². The fourth-order valence-electron chi connectivity index (χ4n) is 6.30. The van der Waals surface area contributed by atoms with Crippen molar-refractivity contribution in [3.8, 4) is 11.5 Å². The third-order valence-corrected chi connectivity index (χ3v) is 7.60. The van der Waals surface area contributed by atoms with E-state index >= 15 is 0 Å². The minimum atomic E-state index is -3.69. The lowest BCUT2D eigenvalue weighted by Gasteiger charge is -2.57. The van der Waals surface area contributed by atoms with Crippen molar-refractivity contribution in [1.29, 1.82) is 0 Å². The van der Waals surface area contributed by atoms with Gasteiger partial charge in [-0.1, -0.05) is 6.07 Å². The smallest absolute Gasteiger partial charge is 0.318 e. The van der Waals surface area contributed by atoms with Gasteiger partial charge in [0.15, 0.2) is 11.5 Å². The highest BCUT2D eigenvalue weighted by atomic mass is 32.2. The number of carbonyl (C=O) groups is 1. The number of rotatable bonds is 7. The SMILES string of the molecule is COc1ccc(CN(C(=O)NC23CC4CC(CC(C4)C2)C3)C(C)C)cc1OS(C)(=O)=O. The molecule has 7 nitrogen and oxygen atoms in total. The van der Waals surface area contributed by atoms with Crippen LogP contribution in [-0.2, 0) is 16.7 Å². The van der Waals surface area contributed by atoms with Crippen LogP contribution in [0, 0.1) is 17.8 Å². The summed E-state index contributed by atoms with van der Waals surface area (Å²) in [6.07, 6.45) is 8.30. The maximum atomic E-state index is 13.4. The lowest BCUT2D eigenvalue weighted by molar-refractivity contribution is -0.0163. The van der Waals surface area contributed by atoms with Crippen molar-refractivity contribution in [2.24, 2.45) is 17.8 Å². The number of hydrogen-bond donors (Lipinski definition) is 1. The molecule has 1 aromatic carbocycles. The Morgan fingerprint density at radius 2 is 1.71 bits per heavy atom. The Bertz CT molecular complexity index is 908. The van der Waals surface area contributed by atoms with E-state index in [-0.39, 0.29) is 23.4 Å². The van der Waals surface area contributed by atoms with Gasteiger partial charge in [0.2, 0.25) is 0 Å². The zero-order valence-electron chi connectivity index (χ0n) is 18.9. The molecule has 0 heterocycles. The van der Waals surface area contributed by atoms with Crippen LogP contribution in [-0.4, -0.2) is 44.3 Å². The van der Waals surface area contributed by atoms with Crippen molar-refractivity contribution in [3.63, 3.8) is 0 Å². The van der Waals surface area contributed by atoms with E-state index in [0.717, 1.165) is 48.8 Å². The summed E-state index contributed by atoms with van der Waals surface area (Å²) in [4.78, 5) is 15.2. The summed E-state index contributed by atoms with van der Waals surface area (Å²) < 4.78 is 33.5. The second-order valence-corrected chi connectivity index (χ2v) is 11.7. The highest BCUT2D eigenvalue weighted by Gasteiger charge is 2.51. The normalized spacial score (nSPS) is 29.1. The first-order valence-electron chi connectivity index (χ1n) is 11.2. The third-order valence-electron chi connectivity index (χ3n) is 7.12. The maximum Gasteiger partial charge on any atom is 0.318 e. The van der Waals surface area contributed by atoms with Gasteiger partial charge in [0.25, 0.3) is 0 Å². The van der Waals surface area contributed by atoms with Gasteiger partial charge in [-0.25, -0.2) is 4.79 Å². The van der Waals surface area contributed by atoms with Gasteiger partial charge in [-0.2, -0.15) is 8.42 Å². The molecule has 4 fully saturated rings. The van der Waals surface area contributed by atoms with Gasteiger partial charge < -0.3 is 19.1 Å². The first-order chi connectivity index (χ1) is 14.6. The first kappa shape index (κ1) is 22.2. The van der Waals surface area contributed by atoms with E-state index < -0.39 is 10.1 Å². The molecule has 0 spiro atoms. The van der Waals surface area contributed by atoms with Crippen molar-refractivity contribution >= 4 is 16.1 Å². The summed E-state index contributed by atoms with van der Waals surface area (Å²) in [7, 11) is -2.23. The second kappa shape index (κ2) is 8.19. The van der Waals surface area contributed by atoms with Crippen LogP contribution in [0.1, 0.15) is 57.9 Å². The molecule has 2 amide bonds. The summed E-state index contributed by atoms with van der Waals surface area (Å²) in [5.41, 5.74) is 0.734. The Kier molecular flexibility index (Phi) is 5.87. The summed E-state index contributed by atoms with van der Waals surface area (Å²) in [5.74, 6) is 2.75. The number of nitrogens with one attached hydrogen (secondary N) is 1. The molecule has 1 aromatic rings. The number of nitrogens with zero attached hydrogens (tertiary/aromatic N) is 1. The number of urea groups is 1. The molecule has 4 aliphatic carbocycles. The van der Waals surface area contributed by atoms with Crippen molar-refractivity contribution < 1.29 is 22.1 Å². The van der Waals surface area contributed by atoms with E-state index in [1.165, 1.54) is 26.4 Å². The lowest BCUT2D eigenvalue weighted by atomic mass is 9.53. The van der Waals surface area contributed by atoms with Crippen LogP contribution in [0.4, 0.5) is 4.79 Å². The molecule has 0 saturated heterocycles. The van der Waals surface area contributed by atoms with Crippen LogP contribution in [0.3, 0.4) is 0 Å². The summed E-state index contributed by atoms with van der Waals surface area (Å²) in [6.45, 7) is 4.35. The van der Waals surface area contributed by atoms with Crippen molar-refractivity contribution in [3.05, 3.63) is 23.8 Å². The van der Waals surface area contributed by atoms with Gasteiger partial charge in [0, 0.05) is 18.1 Å². The van der Waals surface area contributed by atoms with Crippen LogP contribution < -0.4 is 14.2 Å². The molecule has 8 heteroatoms. The lowest BCUT2D eigenvalue weighted by Crippen LogP contribution is -2.62. The van der Waals surface area contributed by atoms with Crippen molar-refractivity contribution in [2.45, 2.75) is 70.5 Å². The predicted octanol–water partition coefficient (Wildman–Crippen LogP) is 3.92. The zero-order valence-corrected chi connectivity index (χ0v) is 19.7. The molecule has 0 aliphatic heterocycles. The fraction of sp³-hybridized carbons (Fsp3) is 0.696. The van der Waals surface area contributed by atoms with E-state index in [1.807, 2.05) is 24.8 Å². The van der Waals surface area contributed by atoms with Gasteiger partial charge in [-0.05, 0) is 87.8 Å². The Balaban J connectivity index is 1.50. The molecule has 31 heavy (non-hydrogen) atoms. The second-order valence-electron chi connectivity index (χ2n) is 10.1.